The fourth-order valence-electron chi connectivity index (χ4n) is 1.48. The summed E-state index contributed by atoms with van der Waals surface area (Å²) in [6, 6.07) is 9.16. The van der Waals surface area contributed by atoms with Crippen LogP contribution in [0.4, 0.5) is 0 Å². The number of likely N-dealkylation sites (N-methyl/N-ethyl adjacent to an activating group) is 1. The quantitative estimate of drug-likeness (QED) is 0.816. The van der Waals surface area contributed by atoms with Crippen molar-refractivity contribution in [2.24, 2.45) is 0 Å². The minimum atomic E-state index is 0.494. The van der Waals surface area contributed by atoms with Gasteiger partial charge in [-0.3, -0.25) is 0 Å². The van der Waals surface area contributed by atoms with E-state index in [2.05, 4.69) is 21.1 Å². The van der Waals surface area contributed by atoms with Crippen LogP contribution in [0.25, 0.3) is 11.5 Å². The lowest BCUT2D eigenvalue weighted by Gasteiger charge is -2.05. The Labute approximate surface area is 106 Å². The maximum atomic E-state index is 8.72. The van der Waals surface area contributed by atoms with E-state index in [1.807, 2.05) is 26.2 Å². The van der Waals surface area contributed by atoms with Crippen LogP contribution in [-0.2, 0) is 6.42 Å². The molecule has 0 amide bonds. The summed E-state index contributed by atoms with van der Waals surface area (Å²) < 4.78 is 5.19. The minimum absolute atomic E-state index is 0.494. The minimum Gasteiger partial charge on any atom is -0.334 e. The Balaban J connectivity index is 2.11. The molecule has 2 aromatic rings. The summed E-state index contributed by atoms with van der Waals surface area (Å²) >= 11 is 0. The van der Waals surface area contributed by atoms with Gasteiger partial charge >= 0.3 is 0 Å². The van der Waals surface area contributed by atoms with Crippen LogP contribution in [-0.4, -0.2) is 35.7 Å². The second kappa shape index (κ2) is 5.43. The SMILES string of the molecule is CN(C)CCc1noc(-c2ccc(C#N)cc2)n1. The highest BCUT2D eigenvalue weighted by molar-refractivity contribution is 5.54. The van der Waals surface area contributed by atoms with Gasteiger partial charge in [0.25, 0.3) is 5.89 Å². The molecular formula is C13H14N4O. The second-order valence-corrected chi connectivity index (χ2v) is 4.26. The number of nitriles is 1. The highest BCUT2D eigenvalue weighted by Gasteiger charge is 2.08. The standard InChI is InChI=1S/C13H14N4O/c1-17(2)8-7-12-15-13(18-16-12)11-5-3-10(9-14)4-6-11/h3-6H,7-8H2,1-2H3. The van der Waals surface area contributed by atoms with E-state index in [4.69, 9.17) is 9.78 Å². The van der Waals surface area contributed by atoms with Crippen LogP contribution in [0.3, 0.4) is 0 Å². The molecule has 5 heteroatoms. The van der Waals surface area contributed by atoms with E-state index >= 15 is 0 Å². The summed E-state index contributed by atoms with van der Waals surface area (Å²) in [4.78, 5) is 6.39. The van der Waals surface area contributed by atoms with Gasteiger partial charge in [0, 0.05) is 18.5 Å². The van der Waals surface area contributed by atoms with Gasteiger partial charge in [-0.15, -0.1) is 0 Å². The smallest absolute Gasteiger partial charge is 0.257 e. The molecule has 0 saturated heterocycles. The third-order valence-electron chi connectivity index (χ3n) is 2.51. The van der Waals surface area contributed by atoms with Crippen LogP contribution in [0.2, 0.25) is 0 Å². The molecule has 0 unspecified atom stereocenters. The number of hydrogen-bond acceptors (Lipinski definition) is 5. The van der Waals surface area contributed by atoms with Crippen molar-refractivity contribution in [3.8, 4) is 17.5 Å². The van der Waals surface area contributed by atoms with Crippen molar-refractivity contribution in [2.45, 2.75) is 6.42 Å². The van der Waals surface area contributed by atoms with Gasteiger partial charge in [-0.1, -0.05) is 5.16 Å². The number of hydrogen-bond donors (Lipinski definition) is 0. The largest absolute Gasteiger partial charge is 0.334 e. The summed E-state index contributed by atoms with van der Waals surface area (Å²) in [5.41, 5.74) is 1.45. The third-order valence-corrected chi connectivity index (χ3v) is 2.51. The zero-order valence-electron chi connectivity index (χ0n) is 10.4. The van der Waals surface area contributed by atoms with Crippen LogP contribution < -0.4 is 0 Å². The third kappa shape index (κ3) is 2.93. The molecule has 1 heterocycles. The first kappa shape index (κ1) is 12.3. The number of aromatic nitrogens is 2. The van der Waals surface area contributed by atoms with Crippen molar-refractivity contribution in [1.82, 2.24) is 15.0 Å². The molecule has 0 bridgehead atoms. The molecular weight excluding hydrogens is 228 g/mol. The van der Waals surface area contributed by atoms with Gasteiger partial charge < -0.3 is 9.42 Å². The summed E-state index contributed by atoms with van der Waals surface area (Å²) in [7, 11) is 4.00. The first-order chi connectivity index (χ1) is 8.69. The van der Waals surface area contributed by atoms with Crippen LogP contribution in [0, 0.1) is 11.3 Å². The Morgan fingerprint density at radius 3 is 2.61 bits per heavy atom. The van der Waals surface area contributed by atoms with Gasteiger partial charge in [-0.05, 0) is 38.4 Å². The Morgan fingerprint density at radius 2 is 2.00 bits per heavy atom. The molecule has 1 aromatic carbocycles. The van der Waals surface area contributed by atoms with Crippen LogP contribution in [0.5, 0.6) is 0 Å². The second-order valence-electron chi connectivity index (χ2n) is 4.26. The first-order valence-corrected chi connectivity index (χ1v) is 5.67. The lowest BCUT2D eigenvalue weighted by atomic mass is 10.1. The zero-order chi connectivity index (χ0) is 13.0. The molecule has 0 N–H and O–H groups in total. The van der Waals surface area contributed by atoms with Crippen molar-refractivity contribution < 1.29 is 4.52 Å². The fourth-order valence-corrected chi connectivity index (χ4v) is 1.48. The van der Waals surface area contributed by atoms with Crippen LogP contribution in [0.15, 0.2) is 28.8 Å². The van der Waals surface area contributed by atoms with E-state index in [9.17, 15) is 0 Å². The molecule has 2 rings (SSSR count). The summed E-state index contributed by atoms with van der Waals surface area (Å²) in [6.07, 6.45) is 0.757. The van der Waals surface area contributed by atoms with Crippen LogP contribution >= 0.6 is 0 Å². The maximum absolute atomic E-state index is 8.72. The maximum Gasteiger partial charge on any atom is 0.257 e. The molecule has 92 valence electrons. The van der Waals surface area contributed by atoms with E-state index in [0.717, 1.165) is 18.5 Å². The Kier molecular flexibility index (Phi) is 3.70. The van der Waals surface area contributed by atoms with Crippen molar-refractivity contribution in [2.75, 3.05) is 20.6 Å². The van der Waals surface area contributed by atoms with Gasteiger partial charge in [0.15, 0.2) is 5.82 Å². The zero-order valence-corrected chi connectivity index (χ0v) is 10.4. The van der Waals surface area contributed by atoms with Crippen molar-refractivity contribution >= 4 is 0 Å². The average molecular weight is 242 g/mol. The molecule has 0 aliphatic heterocycles. The molecule has 5 nitrogen and oxygen atoms in total. The highest BCUT2D eigenvalue weighted by Crippen LogP contribution is 2.17. The number of nitrogens with zero attached hydrogens (tertiary/aromatic N) is 4. The monoisotopic (exact) mass is 242 g/mol. The molecule has 0 radical (unpaired) electrons. The molecule has 0 aliphatic carbocycles. The predicted molar refractivity (Wildman–Crippen MR) is 66.7 cm³/mol. The average Bonchev–Trinajstić information content (AvgIpc) is 2.85. The van der Waals surface area contributed by atoms with Gasteiger partial charge in [0.05, 0.1) is 11.6 Å². The molecule has 0 atom stereocenters. The Morgan fingerprint density at radius 1 is 1.28 bits per heavy atom. The van der Waals surface area contributed by atoms with E-state index in [1.54, 1.807) is 12.1 Å². The fraction of sp³-hybridized carbons (Fsp3) is 0.308. The van der Waals surface area contributed by atoms with E-state index in [-0.39, 0.29) is 0 Å². The molecule has 0 aliphatic rings. The van der Waals surface area contributed by atoms with Gasteiger partial charge in [0.2, 0.25) is 0 Å². The number of rotatable bonds is 4. The number of benzene rings is 1. The van der Waals surface area contributed by atoms with Crippen molar-refractivity contribution in [1.29, 1.82) is 5.26 Å². The van der Waals surface area contributed by atoms with E-state index in [0.29, 0.717) is 17.3 Å². The van der Waals surface area contributed by atoms with E-state index < -0.39 is 0 Å². The lowest BCUT2D eigenvalue weighted by molar-refractivity contribution is 0.392. The van der Waals surface area contributed by atoms with Gasteiger partial charge in [-0.2, -0.15) is 10.2 Å². The molecule has 0 fully saturated rings. The predicted octanol–water partition coefficient (Wildman–Crippen LogP) is 1.71. The van der Waals surface area contributed by atoms with Crippen LogP contribution in [0.1, 0.15) is 11.4 Å². The summed E-state index contributed by atoms with van der Waals surface area (Å²) in [5, 5.41) is 12.6. The normalized spacial score (nSPS) is 10.6. The van der Waals surface area contributed by atoms with Gasteiger partial charge in [-0.25, -0.2) is 0 Å². The Hall–Kier alpha value is -2.19. The topological polar surface area (TPSA) is 66.0 Å². The van der Waals surface area contributed by atoms with Crippen molar-refractivity contribution in [3.05, 3.63) is 35.7 Å². The first-order valence-electron chi connectivity index (χ1n) is 5.67. The van der Waals surface area contributed by atoms with E-state index in [1.165, 1.54) is 0 Å². The Bertz CT molecular complexity index is 551. The highest BCUT2D eigenvalue weighted by atomic mass is 16.5. The lowest BCUT2D eigenvalue weighted by Crippen LogP contribution is -2.15. The molecule has 0 spiro atoms. The summed E-state index contributed by atoms with van der Waals surface area (Å²) in [6.45, 7) is 0.881. The molecule has 1 aromatic heterocycles. The molecule has 0 saturated carbocycles. The molecule has 18 heavy (non-hydrogen) atoms. The van der Waals surface area contributed by atoms with Crippen molar-refractivity contribution in [3.63, 3.8) is 0 Å². The van der Waals surface area contributed by atoms with Gasteiger partial charge in [0.1, 0.15) is 0 Å². The summed E-state index contributed by atoms with van der Waals surface area (Å²) in [5.74, 6) is 1.19.